The molecule has 0 unspecified atom stereocenters. The SMILES string of the molecule is CC(C=CC1=C(C)CCCC1(C)C)=CC=CC(C)=CC(=O)Nc1ccc2cnccc2c1. The lowest BCUT2D eigenvalue weighted by Gasteiger charge is -2.32. The first-order chi connectivity index (χ1) is 15.2. The normalized spacial score (nSPS) is 17.5. The van der Waals surface area contributed by atoms with Gasteiger partial charge >= 0.3 is 0 Å². The molecule has 166 valence electrons. The zero-order valence-corrected chi connectivity index (χ0v) is 19.9. The van der Waals surface area contributed by atoms with Gasteiger partial charge < -0.3 is 5.32 Å². The third kappa shape index (κ3) is 6.40. The first kappa shape index (κ1) is 23.5. The fourth-order valence-electron chi connectivity index (χ4n) is 4.23. The van der Waals surface area contributed by atoms with Gasteiger partial charge in [0.25, 0.3) is 0 Å². The molecule has 0 aliphatic heterocycles. The van der Waals surface area contributed by atoms with E-state index in [1.54, 1.807) is 12.3 Å². The molecule has 0 saturated heterocycles. The number of nitrogens with zero attached hydrogens (tertiary/aromatic N) is 1. The minimum Gasteiger partial charge on any atom is -0.322 e. The van der Waals surface area contributed by atoms with Crippen molar-refractivity contribution in [2.75, 3.05) is 5.32 Å². The highest BCUT2D eigenvalue weighted by molar-refractivity contribution is 6.01. The molecular weight excluding hydrogens is 392 g/mol. The van der Waals surface area contributed by atoms with E-state index in [-0.39, 0.29) is 11.3 Å². The maximum Gasteiger partial charge on any atom is 0.248 e. The topological polar surface area (TPSA) is 42.0 Å². The maximum atomic E-state index is 12.4. The third-order valence-electron chi connectivity index (χ3n) is 6.04. The van der Waals surface area contributed by atoms with Gasteiger partial charge in [0.2, 0.25) is 5.91 Å². The van der Waals surface area contributed by atoms with Crippen molar-refractivity contribution in [1.82, 2.24) is 4.98 Å². The molecule has 3 rings (SSSR count). The summed E-state index contributed by atoms with van der Waals surface area (Å²) in [6.45, 7) is 11.0. The van der Waals surface area contributed by atoms with E-state index in [0.29, 0.717) is 0 Å². The Labute approximate surface area is 192 Å². The van der Waals surface area contributed by atoms with Crippen LogP contribution in [-0.2, 0) is 4.79 Å². The van der Waals surface area contributed by atoms with Crippen molar-refractivity contribution in [3.63, 3.8) is 0 Å². The Balaban J connectivity index is 1.60. The number of hydrogen-bond donors (Lipinski definition) is 1. The third-order valence-corrected chi connectivity index (χ3v) is 6.04. The van der Waals surface area contributed by atoms with E-state index >= 15 is 0 Å². The number of allylic oxidation sites excluding steroid dienone is 9. The monoisotopic (exact) mass is 426 g/mol. The van der Waals surface area contributed by atoms with Gasteiger partial charge in [-0.2, -0.15) is 0 Å². The Morgan fingerprint density at radius 1 is 1.09 bits per heavy atom. The van der Waals surface area contributed by atoms with E-state index in [2.05, 4.69) is 56.2 Å². The smallest absolute Gasteiger partial charge is 0.248 e. The number of amides is 1. The number of aromatic nitrogens is 1. The van der Waals surface area contributed by atoms with Gasteiger partial charge in [-0.1, -0.05) is 61.4 Å². The Morgan fingerprint density at radius 3 is 2.69 bits per heavy atom. The predicted molar refractivity (Wildman–Crippen MR) is 136 cm³/mol. The molecule has 1 aromatic heterocycles. The van der Waals surface area contributed by atoms with Gasteiger partial charge in [-0.05, 0) is 80.2 Å². The lowest BCUT2D eigenvalue weighted by Crippen LogP contribution is -2.19. The van der Waals surface area contributed by atoms with Crippen LogP contribution in [0.5, 0.6) is 0 Å². The molecule has 0 spiro atoms. The highest BCUT2D eigenvalue weighted by atomic mass is 16.1. The molecule has 0 saturated carbocycles. The Hall–Kier alpha value is -3.20. The van der Waals surface area contributed by atoms with Gasteiger partial charge in [-0.3, -0.25) is 9.78 Å². The van der Waals surface area contributed by atoms with Crippen LogP contribution in [0, 0.1) is 5.41 Å². The molecule has 1 amide bonds. The van der Waals surface area contributed by atoms with Crippen LogP contribution in [-0.4, -0.2) is 10.9 Å². The standard InChI is InChI=1S/C29H34N2O/c1-21(11-14-27-23(3)10-7-16-29(27,4)5)8-6-9-22(2)18-28(32)31-26-13-12-25-20-30-17-15-24(25)19-26/h6,8-9,11-15,17-20H,7,10,16H2,1-5H3,(H,31,32). The molecule has 3 nitrogen and oxygen atoms in total. The average Bonchev–Trinajstić information content (AvgIpc) is 2.72. The van der Waals surface area contributed by atoms with E-state index < -0.39 is 0 Å². The zero-order chi connectivity index (χ0) is 23.1. The van der Waals surface area contributed by atoms with E-state index in [1.165, 1.54) is 36.0 Å². The van der Waals surface area contributed by atoms with Crippen LogP contribution >= 0.6 is 0 Å². The van der Waals surface area contributed by atoms with Gasteiger partial charge in [0, 0.05) is 29.5 Å². The molecule has 0 bridgehead atoms. The van der Waals surface area contributed by atoms with Gasteiger partial charge in [0.1, 0.15) is 0 Å². The van der Waals surface area contributed by atoms with Gasteiger partial charge in [0.05, 0.1) is 0 Å². The van der Waals surface area contributed by atoms with Crippen molar-refractivity contribution >= 4 is 22.4 Å². The molecule has 1 N–H and O–H groups in total. The van der Waals surface area contributed by atoms with Crippen molar-refractivity contribution in [2.45, 2.75) is 53.9 Å². The lowest BCUT2D eigenvalue weighted by molar-refractivity contribution is -0.111. The van der Waals surface area contributed by atoms with Gasteiger partial charge in [-0.15, -0.1) is 0 Å². The molecule has 0 fully saturated rings. The molecule has 3 heteroatoms. The van der Waals surface area contributed by atoms with Crippen molar-refractivity contribution in [3.8, 4) is 0 Å². The van der Waals surface area contributed by atoms with Gasteiger partial charge in [0.15, 0.2) is 0 Å². The number of nitrogens with one attached hydrogen (secondary N) is 1. The summed E-state index contributed by atoms with van der Waals surface area (Å²) in [5.41, 5.74) is 6.09. The van der Waals surface area contributed by atoms with Crippen LogP contribution in [0.4, 0.5) is 5.69 Å². The molecule has 2 aromatic rings. The first-order valence-corrected chi connectivity index (χ1v) is 11.3. The fraction of sp³-hybridized carbons (Fsp3) is 0.310. The molecule has 32 heavy (non-hydrogen) atoms. The molecule has 0 atom stereocenters. The fourth-order valence-corrected chi connectivity index (χ4v) is 4.23. The van der Waals surface area contributed by atoms with Crippen molar-refractivity contribution in [3.05, 3.63) is 95.4 Å². The second-order valence-corrected chi connectivity index (χ2v) is 9.35. The minimum atomic E-state index is -0.136. The van der Waals surface area contributed by atoms with Crippen molar-refractivity contribution in [2.24, 2.45) is 5.41 Å². The molecule has 1 aliphatic rings. The number of benzene rings is 1. The number of hydrogen-bond acceptors (Lipinski definition) is 2. The summed E-state index contributed by atoms with van der Waals surface area (Å²) in [4.78, 5) is 16.5. The van der Waals surface area contributed by atoms with E-state index in [9.17, 15) is 4.79 Å². The summed E-state index contributed by atoms with van der Waals surface area (Å²) in [6.07, 6.45) is 19.4. The molecule has 1 heterocycles. The summed E-state index contributed by atoms with van der Waals surface area (Å²) in [5.74, 6) is -0.136. The van der Waals surface area contributed by atoms with Crippen LogP contribution in [0.2, 0.25) is 0 Å². The largest absolute Gasteiger partial charge is 0.322 e. The van der Waals surface area contributed by atoms with Gasteiger partial charge in [-0.25, -0.2) is 0 Å². The maximum absolute atomic E-state index is 12.4. The minimum absolute atomic E-state index is 0.136. The van der Waals surface area contributed by atoms with E-state index in [0.717, 1.165) is 22.0 Å². The number of fused-ring (bicyclic) bond motifs is 1. The summed E-state index contributed by atoms with van der Waals surface area (Å²) in [7, 11) is 0. The molecule has 0 radical (unpaired) electrons. The van der Waals surface area contributed by atoms with Crippen LogP contribution in [0.3, 0.4) is 0 Å². The zero-order valence-electron chi connectivity index (χ0n) is 19.9. The van der Waals surface area contributed by atoms with Crippen LogP contribution < -0.4 is 5.32 Å². The highest BCUT2D eigenvalue weighted by Gasteiger charge is 2.26. The second-order valence-electron chi connectivity index (χ2n) is 9.35. The van der Waals surface area contributed by atoms with Crippen molar-refractivity contribution in [1.29, 1.82) is 0 Å². The Morgan fingerprint density at radius 2 is 1.91 bits per heavy atom. The van der Waals surface area contributed by atoms with Crippen molar-refractivity contribution < 1.29 is 4.79 Å². The number of pyridine rings is 1. The predicted octanol–water partition coefficient (Wildman–Crippen LogP) is 7.70. The number of rotatable bonds is 6. The van der Waals surface area contributed by atoms with E-state index in [4.69, 9.17) is 0 Å². The quantitative estimate of drug-likeness (QED) is 0.380. The van der Waals surface area contributed by atoms with Crippen LogP contribution in [0.25, 0.3) is 10.8 Å². The highest BCUT2D eigenvalue weighted by Crippen LogP contribution is 2.40. The summed E-state index contributed by atoms with van der Waals surface area (Å²) in [6, 6.07) is 7.74. The summed E-state index contributed by atoms with van der Waals surface area (Å²) in [5, 5.41) is 5.03. The summed E-state index contributed by atoms with van der Waals surface area (Å²) < 4.78 is 0. The number of anilines is 1. The average molecular weight is 427 g/mol. The molecule has 1 aromatic carbocycles. The Kier molecular flexibility index (Phi) is 7.63. The molecule has 1 aliphatic carbocycles. The van der Waals surface area contributed by atoms with E-state index in [1.807, 2.05) is 49.5 Å². The molecular formula is C29H34N2O. The lowest BCUT2D eigenvalue weighted by atomic mass is 9.72. The Bertz CT molecular complexity index is 1140. The number of carbonyl (C=O) groups is 1. The van der Waals surface area contributed by atoms with Crippen LogP contribution in [0.1, 0.15) is 53.9 Å². The number of carbonyl (C=O) groups excluding carboxylic acids is 1. The summed E-state index contributed by atoms with van der Waals surface area (Å²) >= 11 is 0. The second kappa shape index (κ2) is 10.4. The van der Waals surface area contributed by atoms with Crippen LogP contribution in [0.15, 0.2) is 95.4 Å². The first-order valence-electron chi connectivity index (χ1n) is 11.3.